The lowest BCUT2D eigenvalue weighted by molar-refractivity contribution is 0.102. The Labute approximate surface area is 176 Å². The van der Waals surface area contributed by atoms with Crippen molar-refractivity contribution in [3.63, 3.8) is 0 Å². The first kappa shape index (κ1) is 20.6. The molecule has 0 aliphatic heterocycles. The molecule has 1 aromatic heterocycles. The van der Waals surface area contributed by atoms with Gasteiger partial charge in [0.25, 0.3) is 5.91 Å². The number of sulfonamides is 1. The molecule has 1 aliphatic rings. The Morgan fingerprint density at radius 3 is 2.47 bits per heavy atom. The number of halogens is 2. The Morgan fingerprint density at radius 1 is 1.13 bits per heavy atom. The van der Waals surface area contributed by atoms with E-state index in [0.717, 1.165) is 36.3 Å². The topological polar surface area (TPSA) is 79.4 Å². The summed E-state index contributed by atoms with van der Waals surface area (Å²) in [4.78, 5) is 16.8. The van der Waals surface area contributed by atoms with Gasteiger partial charge in [-0.05, 0) is 55.3 Å². The number of carbonyl (C=O) groups is 1. The van der Waals surface area contributed by atoms with Crippen molar-refractivity contribution in [2.24, 2.45) is 0 Å². The van der Waals surface area contributed by atoms with Gasteiger partial charge in [-0.1, -0.05) is 0 Å². The Hall–Kier alpha value is -2.69. The molecule has 1 N–H and O–H groups in total. The summed E-state index contributed by atoms with van der Waals surface area (Å²) in [6.45, 7) is 0. The van der Waals surface area contributed by atoms with Gasteiger partial charge in [0.15, 0.2) is 16.8 Å². The summed E-state index contributed by atoms with van der Waals surface area (Å²) in [5.41, 5.74) is 1.06. The number of benzene rings is 2. The van der Waals surface area contributed by atoms with Crippen LogP contribution in [0.4, 0.5) is 13.9 Å². The minimum absolute atomic E-state index is 0.0478. The Kier molecular flexibility index (Phi) is 5.39. The SMILES string of the molecule is CN(C1CC1)S(=O)(=O)c1ccc(C(=O)Nc2nc(-c3ccc(F)c(F)c3)cs2)cc1. The first-order valence-corrected chi connectivity index (χ1v) is 11.4. The third-order valence-electron chi connectivity index (χ3n) is 4.79. The van der Waals surface area contributed by atoms with Crippen molar-refractivity contribution >= 4 is 32.4 Å². The molecule has 0 bridgehead atoms. The molecule has 0 atom stereocenters. The first-order valence-electron chi connectivity index (χ1n) is 9.06. The summed E-state index contributed by atoms with van der Waals surface area (Å²) in [5, 5.41) is 4.52. The van der Waals surface area contributed by atoms with Crippen molar-refractivity contribution in [1.82, 2.24) is 9.29 Å². The summed E-state index contributed by atoms with van der Waals surface area (Å²) < 4.78 is 52.9. The number of rotatable bonds is 6. The molecule has 1 fully saturated rings. The van der Waals surface area contributed by atoms with Crippen LogP contribution in [0.5, 0.6) is 0 Å². The van der Waals surface area contributed by atoms with E-state index in [1.807, 2.05) is 0 Å². The van der Waals surface area contributed by atoms with E-state index < -0.39 is 27.6 Å². The normalized spacial score (nSPS) is 14.1. The highest BCUT2D eigenvalue weighted by atomic mass is 32.2. The Balaban J connectivity index is 1.46. The smallest absolute Gasteiger partial charge is 0.257 e. The molecule has 10 heteroatoms. The van der Waals surface area contributed by atoms with Crippen molar-refractivity contribution in [3.8, 4) is 11.3 Å². The quantitative estimate of drug-likeness (QED) is 0.614. The van der Waals surface area contributed by atoms with Crippen LogP contribution in [0.15, 0.2) is 52.7 Å². The van der Waals surface area contributed by atoms with Crippen LogP contribution in [0, 0.1) is 11.6 Å². The van der Waals surface area contributed by atoms with E-state index in [1.165, 1.54) is 34.6 Å². The summed E-state index contributed by atoms with van der Waals surface area (Å²) in [7, 11) is -2.02. The zero-order valence-electron chi connectivity index (χ0n) is 15.8. The van der Waals surface area contributed by atoms with Gasteiger partial charge in [-0.2, -0.15) is 4.31 Å². The first-order chi connectivity index (χ1) is 14.3. The van der Waals surface area contributed by atoms with E-state index in [9.17, 15) is 22.0 Å². The van der Waals surface area contributed by atoms with E-state index in [-0.39, 0.29) is 21.6 Å². The molecular formula is C20H17F2N3O3S2. The van der Waals surface area contributed by atoms with Gasteiger partial charge in [0.1, 0.15) is 0 Å². The monoisotopic (exact) mass is 449 g/mol. The summed E-state index contributed by atoms with van der Waals surface area (Å²) in [6, 6.07) is 9.17. The van der Waals surface area contributed by atoms with Crippen LogP contribution in [-0.4, -0.2) is 36.7 Å². The lowest BCUT2D eigenvalue weighted by Crippen LogP contribution is -2.29. The second-order valence-corrected chi connectivity index (χ2v) is 9.75. The standard InChI is InChI=1S/C20H17F2N3O3S2/c1-25(14-5-6-14)30(27,28)15-7-2-12(3-8-15)19(26)24-20-23-18(11-29-20)13-4-9-16(21)17(22)10-13/h2-4,7-11,14H,5-6H2,1H3,(H,23,24,26). The molecule has 0 saturated heterocycles. The summed E-state index contributed by atoms with van der Waals surface area (Å²) in [6.07, 6.45) is 1.72. The molecule has 0 radical (unpaired) electrons. The number of anilines is 1. The maximum Gasteiger partial charge on any atom is 0.257 e. The fourth-order valence-electron chi connectivity index (χ4n) is 2.87. The maximum atomic E-state index is 13.4. The van der Waals surface area contributed by atoms with Crippen molar-refractivity contribution < 1.29 is 22.0 Å². The highest BCUT2D eigenvalue weighted by molar-refractivity contribution is 7.89. The molecule has 6 nitrogen and oxygen atoms in total. The molecule has 0 unspecified atom stereocenters. The second-order valence-electron chi connectivity index (χ2n) is 6.90. The van der Waals surface area contributed by atoms with Crippen LogP contribution >= 0.6 is 11.3 Å². The van der Waals surface area contributed by atoms with Gasteiger partial charge in [0, 0.05) is 29.6 Å². The molecule has 1 saturated carbocycles. The van der Waals surface area contributed by atoms with Gasteiger partial charge in [-0.3, -0.25) is 10.1 Å². The average molecular weight is 450 g/mol. The number of thiazole rings is 1. The van der Waals surface area contributed by atoms with Gasteiger partial charge in [0.05, 0.1) is 10.6 Å². The number of nitrogens with zero attached hydrogens (tertiary/aromatic N) is 2. The van der Waals surface area contributed by atoms with Crippen molar-refractivity contribution in [2.75, 3.05) is 12.4 Å². The molecule has 2 aromatic carbocycles. The van der Waals surface area contributed by atoms with Gasteiger partial charge < -0.3 is 0 Å². The second kappa shape index (κ2) is 7.86. The number of hydrogen-bond donors (Lipinski definition) is 1. The zero-order chi connectivity index (χ0) is 21.5. The van der Waals surface area contributed by atoms with Crippen molar-refractivity contribution in [2.45, 2.75) is 23.8 Å². The van der Waals surface area contributed by atoms with Gasteiger partial charge in [-0.15, -0.1) is 11.3 Å². The minimum atomic E-state index is -3.58. The molecule has 0 spiro atoms. The van der Waals surface area contributed by atoms with Crippen molar-refractivity contribution in [1.29, 1.82) is 0 Å². The third-order valence-corrected chi connectivity index (χ3v) is 7.48. The maximum absolute atomic E-state index is 13.4. The number of amides is 1. The fourth-order valence-corrected chi connectivity index (χ4v) is 5.00. The van der Waals surface area contributed by atoms with Crippen LogP contribution in [0.25, 0.3) is 11.3 Å². The molecule has 1 amide bonds. The van der Waals surface area contributed by atoms with Gasteiger partial charge >= 0.3 is 0 Å². The molecule has 1 heterocycles. The number of aromatic nitrogens is 1. The molecular weight excluding hydrogens is 432 g/mol. The lowest BCUT2D eigenvalue weighted by atomic mass is 10.2. The fraction of sp³-hybridized carbons (Fsp3) is 0.200. The number of carbonyl (C=O) groups excluding carboxylic acids is 1. The van der Waals surface area contributed by atoms with E-state index in [4.69, 9.17) is 0 Å². The summed E-state index contributed by atoms with van der Waals surface area (Å²) in [5.74, 6) is -2.38. The van der Waals surface area contributed by atoms with E-state index >= 15 is 0 Å². The van der Waals surface area contributed by atoms with Crippen LogP contribution in [0.1, 0.15) is 23.2 Å². The number of hydrogen-bond acceptors (Lipinski definition) is 5. The summed E-state index contributed by atoms with van der Waals surface area (Å²) >= 11 is 1.14. The van der Waals surface area contributed by atoms with E-state index in [0.29, 0.717) is 11.3 Å². The molecule has 156 valence electrons. The largest absolute Gasteiger partial charge is 0.298 e. The van der Waals surface area contributed by atoms with Crippen LogP contribution in [-0.2, 0) is 10.0 Å². The Morgan fingerprint density at radius 2 is 1.83 bits per heavy atom. The van der Waals surface area contributed by atoms with E-state index in [2.05, 4.69) is 10.3 Å². The van der Waals surface area contributed by atoms with Crippen LogP contribution in [0.3, 0.4) is 0 Å². The minimum Gasteiger partial charge on any atom is -0.298 e. The Bertz CT molecular complexity index is 1210. The van der Waals surface area contributed by atoms with Gasteiger partial charge in [-0.25, -0.2) is 22.2 Å². The van der Waals surface area contributed by atoms with Crippen LogP contribution < -0.4 is 5.32 Å². The predicted octanol–water partition coefficient (Wildman–Crippen LogP) is 4.12. The third kappa shape index (κ3) is 4.11. The molecule has 30 heavy (non-hydrogen) atoms. The number of nitrogens with one attached hydrogen (secondary N) is 1. The average Bonchev–Trinajstić information content (AvgIpc) is 3.48. The lowest BCUT2D eigenvalue weighted by Gasteiger charge is -2.16. The molecule has 1 aliphatic carbocycles. The molecule has 4 rings (SSSR count). The van der Waals surface area contributed by atoms with Crippen LogP contribution in [0.2, 0.25) is 0 Å². The zero-order valence-corrected chi connectivity index (χ0v) is 17.4. The highest BCUT2D eigenvalue weighted by Crippen LogP contribution is 2.30. The van der Waals surface area contributed by atoms with Gasteiger partial charge in [0.2, 0.25) is 10.0 Å². The molecule has 3 aromatic rings. The highest BCUT2D eigenvalue weighted by Gasteiger charge is 2.35. The van der Waals surface area contributed by atoms with E-state index in [1.54, 1.807) is 12.4 Å². The van der Waals surface area contributed by atoms with Crippen molar-refractivity contribution in [3.05, 3.63) is 65.0 Å². The predicted molar refractivity (Wildman–Crippen MR) is 110 cm³/mol.